The monoisotopic (exact) mass is 217 g/mol. The number of rotatable bonds is 2. The Bertz CT molecular complexity index is 526. The van der Waals surface area contributed by atoms with E-state index >= 15 is 0 Å². The Kier molecular flexibility index (Phi) is 2.69. The summed E-state index contributed by atoms with van der Waals surface area (Å²) in [5.74, 6) is -0.0230. The summed E-state index contributed by atoms with van der Waals surface area (Å²) >= 11 is 0. The minimum absolute atomic E-state index is 0.283. The van der Waals surface area contributed by atoms with E-state index in [0.29, 0.717) is 5.69 Å². The van der Waals surface area contributed by atoms with Crippen LogP contribution in [0.1, 0.15) is 35.8 Å². The first-order chi connectivity index (χ1) is 7.65. The van der Waals surface area contributed by atoms with Crippen molar-refractivity contribution in [3.8, 4) is 0 Å². The Morgan fingerprint density at radius 1 is 1.31 bits per heavy atom. The number of H-pyrrole nitrogens is 1. The normalized spacial score (nSPS) is 11.0. The van der Waals surface area contributed by atoms with Crippen LogP contribution in [0.5, 0.6) is 0 Å². The molecule has 16 heavy (non-hydrogen) atoms. The Morgan fingerprint density at radius 2 is 2.00 bits per heavy atom. The Hall–Kier alpha value is -1.77. The molecule has 2 rings (SSSR count). The predicted octanol–water partition coefficient (Wildman–Crippen LogP) is 3.08. The zero-order valence-electron chi connectivity index (χ0n) is 9.70. The van der Waals surface area contributed by atoms with Gasteiger partial charge in [0.15, 0.2) is 0 Å². The number of aromatic amines is 1. The standard InChI is InChI=1S/C13H15NO2/c1-8(2)11-9-6-4-5-7-10(9)14-12(11)13(15)16-3/h4-8,14H,1-3H3. The molecule has 2 aromatic rings. The minimum atomic E-state index is -0.306. The number of aromatic nitrogens is 1. The number of esters is 1. The van der Waals surface area contributed by atoms with Gasteiger partial charge in [-0.05, 0) is 17.5 Å². The molecule has 0 radical (unpaired) electrons. The van der Waals surface area contributed by atoms with E-state index in [1.165, 1.54) is 7.11 Å². The summed E-state index contributed by atoms with van der Waals surface area (Å²) in [5.41, 5.74) is 2.58. The van der Waals surface area contributed by atoms with Crippen LogP contribution >= 0.6 is 0 Å². The smallest absolute Gasteiger partial charge is 0.354 e. The van der Waals surface area contributed by atoms with Crippen LogP contribution in [0, 0.1) is 0 Å². The van der Waals surface area contributed by atoms with Crippen molar-refractivity contribution in [3.63, 3.8) is 0 Å². The van der Waals surface area contributed by atoms with Crippen LogP contribution in [0.4, 0.5) is 0 Å². The van der Waals surface area contributed by atoms with Gasteiger partial charge >= 0.3 is 5.97 Å². The van der Waals surface area contributed by atoms with Gasteiger partial charge in [0, 0.05) is 10.9 Å². The third kappa shape index (κ3) is 1.58. The maximum atomic E-state index is 11.7. The molecule has 3 nitrogen and oxygen atoms in total. The van der Waals surface area contributed by atoms with Gasteiger partial charge in [0.2, 0.25) is 0 Å². The Labute approximate surface area is 94.4 Å². The zero-order valence-corrected chi connectivity index (χ0v) is 9.70. The van der Waals surface area contributed by atoms with Crippen LogP contribution in [0.15, 0.2) is 24.3 Å². The average molecular weight is 217 g/mol. The summed E-state index contributed by atoms with van der Waals surface area (Å²) in [7, 11) is 1.40. The lowest BCUT2D eigenvalue weighted by molar-refractivity contribution is 0.0593. The van der Waals surface area contributed by atoms with Crippen molar-refractivity contribution in [2.75, 3.05) is 7.11 Å². The summed E-state index contributed by atoms with van der Waals surface area (Å²) in [5, 5.41) is 1.10. The number of benzene rings is 1. The molecule has 0 spiro atoms. The molecule has 0 aliphatic rings. The van der Waals surface area contributed by atoms with Crippen LogP contribution in [0.2, 0.25) is 0 Å². The molecule has 84 valence electrons. The molecular weight excluding hydrogens is 202 g/mol. The fourth-order valence-electron chi connectivity index (χ4n) is 2.03. The van der Waals surface area contributed by atoms with Crippen molar-refractivity contribution < 1.29 is 9.53 Å². The highest BCUT2D eigenvalue weighted by atomic mass is 16.5. The lowest BCUT2D eigenvalue weighted by Crippen LogP contribution is -2.05. The van der Waals surface area contributed by atoms with E-state index in [1.54, 1.807) is 0 Å². The van der Waals surface area contributed by atoms with Crippen molar-refractivity contribution in [2.45, 2.75) is 19.8 Å². The van der Waals surface area contributed by atoms with E-state index < -0.39 is 0 Å². The molecule has 0 aliphatic carbocycles. The summed E-state index contributed by atoms with van der Waals surface area (Å²) in [4.78, 5) is 14.8. The van der Waals surface area contributed by atoms with Crippen molar-refractivity contribution in [3.05, 3.63) is 35.5 Å². The molecule has 1 N–H and O–H groups in total. The van der Waals surface area contributed by atoms with Gasteiger partial charge in [-0.25, -0.2) is 4.79 Å². The average Bonchev–Trinajstić information content (AvgIpc) is 2.67. The molecule has 1 heterocycles. The van der Waals surface area contributed by atoms with Gasteiger partial charge in [-0.1, -0.05) is 32.0 Å². The van der Waals surface area contributed by atoms with Gasteiger partial charge in [-0.2, -0.15) is 0 Å². The fraction of sp³-hybridized carbons (Fsp3) is 0.308. The first-order valence-corrected chi connectivity index (χ1v) is 5.34. The van der Waals surface area contributed by atoms with Crippen molar-refractivity contribution in [1.82, 2.24) is 4.98 Å². The first kappa shape index (κ1) is 10.7. The Balaban J connectivity index is 2.73. The van der Waals surface area contributed by atoms with Gasteiger partial charge in [-0.3, -0.25) is 0 Å². The quantitative estimate of drug-likeness (QED) is 0.785. The number of carbonyl (C=O) groups excluding carboxylic acids is 1. The predicted molar refractivity (Wildman–Crippen MR) is 63.7 cm³/mol. The molecule has 0 unspecified atom stereocenters. The number of ether oxygens (including phenoxy) is 1. The van der Waals surface area contributed by atoms with Crippen LogP contribution in [0.3, 0.4) is 0 Å². The largest absolute Gasteiger partial charge is 0.464 e. The SMILES string of the molecule is COC(=O)c1[nH]c2ccccc2c1C(C)C. The highest BCUT2D eigenvalue weighted by molar-refractivity contribution is 5.98. The topological polar surface area (TPSA) is 42.1 Å². The third-order valence-electron chi connectivity index (χ3n) is 2.71. The van der Waals surface area contributed by atoms with E-state index in [2.05, 4.69) is 18.8 Å². The summed E-state index contributed by atoms with van der Waals surface area (Å²) in [6, 6.07) is 7.91. The van der Waals surface area contributed by atoms with Gasteiger partial charge in [0.05, 0.1) is 7.11 Å². The maximum Gasteiger partial charge on any atom is 0.354 e. The molecule has 0 aliphatic heterocycles. The molecule has 1 aromatic heterocycles. The number of nitrogens with one attached hydrogen (secondary N) is 1. The summed E-state index contributed by atoms with van der Waals surface area (Å²) in [6.07, 6.45) is 0. The van der Waals surface area contributed by atoms with E-state index in [4.69, 9.17) is 4.74 Å². The number of carbonyl (C=O) groups is 1. The second-order valence-corrected chi connectivity index (χ2v) is 4.11. The first-order valence-electron chi connectivity index (χ1n) is 5.34. The summed E-state index contributed by atoms with van der Waals surface area (Å²) < 4.78 is 4.79. The number of fused-ring (bicyclic) bond motifs is 1. The molecule has 0 bridgehead atoms. The molecule has 0 saturated heterocycles. The second kappa shape index (κ2) is 4.00. The lowest BCUT2D eigenvalue weighted by atomic mass is 9.99. The number of para-hydroxylation sites is 1. The van der Waals surface area contributed by atoms with Gasteiger partial charge in [0.1, 0.15) is 5.69 Å². The van der Waals surface area contributed by atoms with Crippen LogP contribution in [-0.4, -0.2) is 18.1 Å². The van der Waals surface area contributed by atoms with Crippen molar-refractivity contribution >= 4 is 16.9 Å². The lowest BCUT2D eigenvalue weighted by Gasteiger charge is -2.06. The van der Waals surface area contributed by atoms with E-state index in [-0.39, 0.29) is 11.9 Å². The van der Waals surface area contributed by atoms with Crippen LogP contribution in [-0.2, 0) is 4.74 Å². The van der Waals surface area contributed by atoms with Crippen LogP contribution < -0.4 is 0 Å². The second-order valence-electron chi connectivity index (χ2n) is 4.11. The van der Waals surface area contributed by atoms with Gasteiger partial charge in [-0.15, -0.1) is 0 Å². The van der Waals surface area contributed by atoms with Gasteiger partial charge < -0.3 is 9.72 Å². The molecule has 0 atom stereocenters. The fourth-order valence-corrected chi connectivity index (χ4v) is 2.03. The molecule has 0 saturated carbocycles. The van der Waals surface area contributed by atoms with Crippen molar-refractivity contribution in [1.29, 1.82) is 0 Å². The summed E-state index contributed by atoms with van der Waals surface area (Å²) in [6.45, 7) is 4.14. The van der Waals surface area contributed by atoms with E-state index in [0.717, 1.165) is 16.5 Å². The Morgan fingerprint density at radius 3 is 2.62 bits per heavy atom. The number of methoxy groups -OCH3 is 1. The van der Waals surface area contributed by atoms with Crippen LogP contribution in [0.25, 0.3) is 10.9 Å². The van der Waals surface area contributed by atoms with E-state index in [9.17, 15) is 4.79 Å². The maximum absolute atomic E-state index is 11.7. The molecule has 1 aromatic carbocycles. The van der Waals surface area contributed by atoms with Crippen molar-refractivity contribution in [2.24, 2.45) is 0 Å². The highest BCUT2D eigenvalue weighted by Gasteiger charge is 2.19. The highest BCUT2D eigenvalue weighted by Crippen LogP contribution is 2.29. The molecule has 3 heteroatoms. The zero-order chi connectivity index (χ0) is 11.7. The van der Waals surface area contributed by atoms with E-state index in [1.807, 2.05) is 24.3 Å². The molecule has 0 fully saturated rings. The minimum Gasteiger partial charge on any atom is -0.464 e. The molecule has 0 amide bonds. The molecular formula is C13H15NO2. The number of hydrogen-bond donors (Lipinski definition) is 1. The van der Waals surface area contributed by atoms with Gasteiger partial charge in [0.25, 0.3) is 0 Å². The number of hydrogen-bond acceptors (Lipinski definition) is 2. The third-order valence-corrected chi connectivity index (χ3v) is 2.71.